The molecule has 0 bridgehead atoms. The smallest absolute Gasteiger partial charge is 0.133 e. The largest absolute Gasteiger partial charge is 0.273 e. The highest BCUT2D eigenvalue weighted by molar-refractivity contribution is 6.30. The van der Waals surface area contributed by atoms with Crippen LogP contribution < -0.4 is 0 Å². The van der Waals surface area contributed by atoms with Crippen molar-refractivity contribution in [2.45, 2.75) is 6.54 Å². The van der Waals surface area contributed by atoms with E-state index in [9.17, 15) is 0 Å². The van der Waals surface area contributed by atoms with Gasteiger partial charge in [0.15, 0.2) is 0 Å². The van der Waals surface area contributed by atoms with E-state index in [-0.39, 0.29) is 13.1 Å². The third-order valence-corrected chi connectivity index (χ3v) is 2.16. The van der Waals surface area contributed by atoms with Crippen molar-refractivity contribution in [3.8, 4) is 12.1 Å². The molecule has 0 spiro atoms. The molecule has 0 saturated heterocycles. The molecule has 0 fully saturated rings. The van der Waals surface area contributed by atoms with Crippen LogP contribution in [0.1, 0.15) is 5.56 Å². The Kier molecular flexibility index (Phi) is 4.56. The summed E-state index contributed by atoms with van der Waals surface area (Å²) in [5.74, 6) is 0. The zero-order chi connectivity index (χ0) is 11.1. The Hall–Kier alpha value is -1.62. The van der Waals surface area contributed by atoms with Gasteiger partial charge in [0, 0.05) is 18.3 Å². The summed E-state index contributed by atoms with van der Waals surface area (Å²) >= 11 is 5.87. The normalized spacial score (nSPS) is 9.60. The van der Waals surface area contributed by atoms with Crippen LogP contribution in [-0.4, -0.2) is 23.0 Å². The second kappa shape index (κ2) is 5.98. The van der Waals surface area contributed by atoms with Gasteiger partial charge in [0.2, 0.25) is 0 Å². The molecular formula is C10H9ClN4. The molecule has 15 heavy (non-hydrogen) atoms. The predicted octanol–water partition coefficient (Wildman–Crippen LogP) is 1.58. The molecule has 1 aromatic heterocycles. The van der Waals surface area contributed by atoms with Crippen LogP contribution in [0.15, 0.2) is 18.3 Å². The fraction of sp³-hybridized carbons (Fsp3) is 0.300. The Morgan fingerprint density at radius 2 is 2.00 bits per heavy atom. The minimum Gasteiger partial charge on any atom is -0.273 e. The first kappa shape index (κ1) is 11.5. The zero-order valence-corrected chi connectivity index (χ0v) is 8.78. The topological polar surface area (TPSA) is 63.7 Å². The lowest BCUT2D eigenvalue weighted by Crippen LogP contribution is -2.24. The molecule has 0 radical (unpaired) electrons. The third kappa shape index (κ3) is 3.55. The van der Waals surface area contributed by atoms with Crippen LogP contribution in [-0.2, 0) is 6.54 Å². The SMILES string of the molecule is N#CCN(CC#N)Cc1cccnc1Cl. The molecule has 76 valence electrons. The fourth-order valence-electron chi connectivity index (χ4n) is 1.15. The average molecular weight is 221 g/mol. The second-order valence-corrected chi connectivity index (χ2v) is 3.27. The van der Waals surface area contributed by atoms with Crippen molar-refractivity contribution in [2.24, 2.45) is 0 Å². The van der Waals surface area contributed by atoms with Crippen molar-refractivity contribution in [1.29, 1.82) is 10.5 Å². The number of nitrogens with zero attached hydrogens (tertiary/aromatic N) is 4. The Labute approximate surface area is 93.3 Å². The summed E-state index contributed by atoms with van der Waals surface area (Å²) in [5.41, 5.74) is 0.824. The van der Waals surface area contributed by atoms with E-state index in [1.807, 2.05) is 18.2 Å². The van der Waals surface area contributed by atoms with Gasteiger partial charge in [0.25, 0.3) is 0 Å². The van der Waals surface area contributed by atoms with Crippen molar-refractivity contribution >= 4 is 11.6 Å². The van der Waals surface area contributed by atoms with Gasteiger partial charge >= 0.3 is 0 Å². The fourth-order valence-corrected chi connectivity index (χ4v) is 1.32. The van der Waals surface area contributed by atoms with Crippen molar-refractivity contribution < 1.29 is 0 Å². The first-order valence-electron chi connectivity index (χ1n) is 4.33. The van der Waals surface area contributed by atoms with E-state index in [1.165, 1.54) is 0 Å². The zero-order valence-electron chi connectivity index (χ0n) is 8.02. The number of halogens is 1. The molecule has 1 aromatic rings. The quantitative estimate of drug-likeness (QED) is 0.571. The van der Waals surface area contributed by atoms with Crippen molar-refractivity contribution in [1.82, 2.24) is 9.88 Å². The van der Waals surface area contributed by atoms with Gasteiger partial charge < -0.3 is 0 Å². The number of pyridine rings is 1. The van der Waals surface area contributed by atoms with Gasteiger partial charge in [0.05, 0.1) is 25.2 Å². The van der Waals surface area contributed by atoms with Gasteiger partial charge in [-0.3, -0.25) is 4.90 Å². The summed E-state index contributed by atoms with van der Waals surface area (Å²) in [5, 5.41) is 17.5. The number of aromatic nitrogens is 1. The maximum atomic E-state index is 8.56. The Balaban J connectivity index is 2.71. The summed E-state index contributed by atoms with van der Waals surface area (Å²) in [7, 11) is 0. The Morgan fingerprint density at radius 1 is 1.33 bits per heavy atom. The maximum absolute atomic E-state index is 8.56. The molecule has 1 rings (SSSR count). The monoisotopic (exact) mass is 220 g/mol. The summed E-state index contributed by atoms with van der Waals surface area (Å²) < 4.78 is 0. The van der Waals surface area contributed by atoms with Crippen LogP contribution in [0.3, 0.4) is 0 Å². The molecule has 0 aliphatic rings. The molecule has 4 nitrogen and oxygen atoms in total. The number of hydrogen-bond donors (Lipinski definition) is 0. The molecule has 0 aliphatic carbocycles. The van der Waals surface area contributed by atoms with Crippen LogP contribution in [0.25, 0.3) is 0 Å². The summed E-state index contributed by atoms with van der Waals surface area (Å²) in [6, 6.07) is 7.61. The summed E-state index contributed by atoms with van der Waals surface area (Å²) in [6.07, 6.45) is 1.60. The van der Waals surface area contributed by atoms with Gasteiger partial charge in [-0.05, 0) is 6.07 Å². The average Bonchev–Trinajstić information content (AvgIpc) is 2.22. The highest BCUT2D eigenvalue weighted by atomic mass is 35.5. The molecule has 0 N–H and O–H groups in total. The van der Waals surface area contributed by atoms with E-state index in [0.717, 1.165) is 5.56 Å². The van der Waals surface area contributed by atoms with E-state index in [1.54, 1.807) is 17.2 Å². The van der Waals surface area contributed by atoms with Crippen LogP contribution in [0.4, 0.5) is 0 Å². The molecular weight excluding hydrogens is 212 g/mol. The van der Waals surface area contributed by atoms with Gasteiger partial charge in [-0.1, -0.05) is 17.7 Å². The van der Waals surface area contributed by atoms with E-state index in [4.69, 9.17) is 22.1 Å². The lowest BCUT2D eigenvalue weighted by Gasteiger charge is -2.15. The molecule has 0 aliphatic heterocycles. The van der Waals surface area contributed by atoms with E-state index in [0.29, 0.717) is 11.7 Å². The predicted molar refractivity (Wildman–Crippen MR) is 55.8 cm³/mol. The first-order valence-corrected chi connectivity index (χ1v) is 4.71. The van der Waals surface area contributed by atoms with Gasteiger partial charge in [-0.2, -0.15) is 10.5 Å². The van der Waals surface area contributed by atoms with Crippen LogP contribution >= 0.6 is 11.6 Å². The molecule has 0 unspecified atom stereocenters. The molecule has 5 heteroatoms. The molecule has 0 amide bonds. The molecule has 0 atom stereocenters. The van der Waals surface area contributed by atoms with Crippen LogP contribution in [0.5, 0.6) is 0 Å². The van der Waals surface area contributed by atoms with Crippen LogP contribution in [0, 0.1) is 22.7 Å². The van der Waals surface area contributed by atoms with Crippen LogP contribution in [0.2, 0.25) is 5.15 Å². The lowest BCUT2D eigenvalue weighted by molar-refractivity contribution is 0.334. The van der Waals surface area contributed by atoms with E-state index < -0.39 is 0 Å². The van der Waals surface area contributed by atoms with Crippen molar-refractivity contribution in [3.63, 3.8) is 0 Å². The van der Waals surface area contributed by atoms with Gasteiger partial charge in [-0.25, -0.2) is 4.98 Å². The van der Waals surface area contributed by atoms with Crippen molar-refractivity contribution in [3.05, 3.63) is 29.0 Å². The van der Waals surface area contributed by atoms with Gasteiger partial charge in [0.1, 0.15) is 5.15 Å². The molecule has 1 heterocycles. The summed E-state index contributed by atoms with van der Waals surface area (Å²) in [4.78, 5) is 5.62. The van der Waals surface area contributed by atoms with E-state index in [2.05, 4.69) is 4.98 Å². The Bertz CT molecular complexity index is 389. The third-order valence-electron chi connectivity index (χ3n) is 1.82. The highest BCUT2D eigenvalue weighted by Gasteiger charge is 2.07. The number of hydrogen-bond acceptors (Lipinski definition) is 4. The first-order chi connectivity index (χ1) is 7.27. The second-order valence-electron chi connectivity index (χ2n) is 2.91. The van der Waals surface area contributed by atoms with Crippen molar-refractivity contribution in [2.75, 3.05) is 13.1 Å². The van der Waals surface area contributed by atoms with Gasteiger partial charge in [-0.15, -0.1) is 0 Å². The highest BCUT2D eigenvalue weighted by Crippen LogP contribution is 2.13. The maximum Gasteiger partial charge on any atom is 0.133 e. The minimum atomic E-state index is 0.207. The molecule has 0 saturated carbocycles. The molecule has 0 aromatic carbocycles. The van der Waals surface area contributed by atoms with E-state index >= 15 is 0 Å². The number of rotatable bonds is 4. The standard InChI is InChI=1S/C10H9ClN4/c11-10-9(2-1-5-14-10)8-15(6-3-12)7-4-13/h1-2,5H,6-8H2. The lowest BCUT2D eigenvalue weighted by atomic mass is 10.2. The minimum absolute atomic E-state index is 0.207. The number of nitriles is 2. The Morgan fingerprint density at radius 3 is 2.53 bits per heavy atom. The summed E-state index contributed by atoms with van der Waals surface area (Å²) in [6.45, 7) is 0.880.